The van der Waals surface area contributed by atoms with E-state index in [9.17, 15) is 14.0 Å². The van der Waals surface area contributed by atoms with Gasteiger partial charge < -0.3 is 13.7 Å². The fourth-order valence-electron chi connectivity index (χ4n) is 3.12. The molecule has 0 spiro atoms. The van der Waals surface area contributed by atoms with Crippen molar-refractivity contribution in [3.05, 3.63) is 77.7 Å². The van der Waals surface area contributed by atoms with Crippen LogP contribution < -0.4 is 11.2 Å². The van der Waals surface area contributed by atoms with E-state index in [1.807, 2.05) is 0 Å². The van der Waals surface area contributed by atoms with Gasteiger partial charge in [0.2, 0.25) is 0 Å². The highest BCUT2D eigenvalue weighted by atomic mass is 79.9. The van der Waals surface area contributed by atoms with Crippen LogP contribution in [0.1, 0.15) is 22.4 Å². The molecule has 1 aromatic carbocycles. The van der Waals surface area contributed by atoms with Crippen LogP contribution in [-0.4, -0.2) is 18.3 Å². The van der Waals surface area contributed by atoms with Crippen LogP contribution >= 0.6 is 15.9 Å². The Kier molecular flexibility index (Phi) is 5.62. The van der Waals surface area contributed by atoms with E-state index in [0.717, 1.165) is 0 Å². The number of hydrogen-bond donors (Lipinski definition) is 0. The fraction of sp³-hybridized carbons (Fsp3) is 0.300. The maximum absolute atomic E-state index is 14.2. The Bertz CT molecular complexity index is 1130. The molecule has 27 heavy (non-hydrogen) atoms. The van der Waals surface area contributed by atoms with Crippen molar-refractivity contribution in [3.63, 3.8) is 0 Å². The number of halogens is 2. The maximum atomic E-state index is 14.2. The standard InChI is InChI=1S/C20H19BrFNO4/c1-11-14(10-13-6-4-5-7-15(13)22)16-18(27-20(11)25)17(21)12(2)23(19(16)24)8-9-26-3/h4-7H,8-10H2,1-3H3. The van der Waals surface area contributed by atoms with Gasteiger partial charge >= 0.3 is 5.63 Å². The second-order valence-electron chi connectivity index (χ2n) is 6.31. The molecule has 0 atom stereocenters. The summed E-state index contributed by atoms with van der Waals surface area (Å²) in [5.41, 5.74) is 1.18. The Hall–Kier alpha value is -2.25. The van der Waals surface area contributed by atoms with Crippen LogP contribution in [0.2, 0.25) is 0 Å². The first-order chi connectivity index (χ1) is 12.9. The van der Waals surface area contributed by atoms with Crippen LogP contribution in [-0.2, 0) is 17.7 Å². The molecule has 0 aliphatic carbocycles. The average Bonchev–Trinajstić information content (AvgIpc) is 2.65. The lowest BCUT2D eigenvalue weighted by atomic mass is 9.98. The second kappa shape index (κ2) is 7.78. The van der Waals surface area contributed by atoms with E-state index in [4.69, 9.17) is 9.15 Å². The molecule has 3 rings (SSSR count). The molecule has 0 N–H and O–H groups in total. The van der Waals surface area contributed by atoms with Crippen molar-refractivity contribution in [2.75, 3.05) is 13.7 Å². The third-order valence-corrected chi connectivity index (χ3v) is 5.64. The van der Waals surface area contributed by atoms with Gasteiger partial charge in [0.15, 0.2) is 5.58 Å². The van der Waals surface area contributed by atoms with Crippen molar-refractivity contribution < 1.29 is 13.5 Å². The minimum absolute atomic E-state index is 0.121. The van der Waals surface area contributed by atoms with E-state index in [-0.39, 0.29) is 28.8 Å². The lowest BCUT2D eigenvalue weighted by molar-refractivity contribution is 0.185. The molecule has 0 aliphatic rings. The van der Waals surface area contributed by atoms with E-state index in [1.165, 1.54) is 6.07 Å². The molecule has 0 aliphatic heterocycles. The number of rotatable bonds is 5. The summed E-state index contributed by atoms with van der Waals surface area (Å²) in [6, 6.07) is 6.32. The first-order valence-electron chi connectivity index (χ1n) is 8.44. The highest BCUT2D eigenvalue weighted by molar-refractivity contribution is 9.10. The zero-order valence-electron chi connectivity index (χ0n) is 15.3. The van der Waals surface area contributed by atoms with Gasteiger partial charge in [-0.25, -0.2) is 9.18 Å². The Morgan fingerprint density at radius 1 is 1.22 bits per heavy atom. The van der Waals surface area contributed by atoms with Crippen LogP contribution in [0.3, 0.4) is 0 Å². The second-order valence-corrected chi connectivity index (χ2v) is 7.11. The van der Waals surface area contributed by atoms with Gasteiger partial charge in [0.1, 0.15) is 5.82 Å². The number of methoxy groups -OCH3 is 1. The molecule has 0 amide bonds. The third-order valence-electron chi connectivity index (χ3n) is 4.71. The van der Waals surface area contributed by atoms with E-state index in [0.29, 0.717) is 40.0 Å². The van der Waals surface area contributed by atoms with Gasteiger partial charge in [0.25, 0.3) is 5.56 Å². The number of ether oxygens (including phenoxy) is 1. The summed E-state index contributed by atoms with van der Waals surface area (Å²) in [5, 5.41) is 0.281. The number of fused-ring (bicyclic) bond motifs is 1. The van der Waals surface area contributed by atoms with Crippen LogP contribution in [0.25, 0.3) is 11.0 Å². The van der Waals surface area contributed by atoms with Gasteiger partial charge in [0.05, 0.1) is 16.5 Å². The molecule has 0 saturated carbocycles. The third kappa shape index (κ3) is 3.49. The number of aromatic nitrogens is 1. The summed E-state index contributed by atoms with van der Waals surface area (Å²) >= 11 is 3.44. The predicted octanol–water partition coefficient (Wildman–Crippen LogP) is 3.71. The van der Waals surface area contributed by atoms with Crippen LogP contribution in [0.15, 0.2) is 42.7 Å². The van der Waals surface area contributed by atoms with E-state index >= 15 is 0 Å². The smallest absolute Gasteiger partial charge is 0.339 e. The maximum Gasteiger partial charge on any atom is 0.339 e. The van der Waals surface area contributed by atoms with Crippen LogP contribution in [0, 0.1) is 19.7 Å². The Balaban J connectivity index is 2.36. The van der Waals surface area contributed by atoms with Gasteiger partial charge in [-0.05, 0) is 47.0 Å². The van der Waals surface area contributed by atoms with Crippen LogP contribution in [0.4, 0.5) is 4.39 Å². The predicted molar refractivity (Wildman–Crippen MR) is 105 cm³/mol. The van der Waals surface area contributed by atoms with Crippen molar-refractivity contribution in [2.24, 2.45) is 0 Å². The fourth-order valence-corrected chi connectivity index (χ4v) is 3.62. The van der Waals surface area contributed by atoms with Gasteiger partial charge in [-0.1, -0.05) is 18.2 Å². The van der Waals surface area contributed by atoms with E-state index < -0.39 is 5.63 Å². The number of nitrogens with zero attached hydrogens (tertiary/aromatic N) is 1. The van der Waals surface area contributed by atoms with Gasteiger partial charge in [-0.2, -0.15) is 0 Å². The molecule has 0 fully saturated rings. The highest BCUT2D eigenvalue weighted by Crippen LogP contribution is 2.28. The Morgan fingerprint density at radius 3 is 2.59 bits per heavy atom. The zero-order valence-corrected chi connectivity index (χ0v) is 16.9. The van der Waals surface area contributed by atoms with Gasteiger partial charge in [-0.15, -0.1) is 0 Å². The van der Waals surface area contributed by atoms with Gasteiger partial charge in [-0.3, -0.25) is 4.79 Å². The molecule has 0 unspecified atom stereocenters. The lowest BCUT2D eigenvalue weighted by Crippen LogP contribution is -2.27. The Morgan fingerprint density at radius 2 is 1.93 bits per heavy atom. The molecular formula is C20H19BrFNO4. The molecule has 3 aromatic rings. The minimum atomic E-state index is -0.539. The first-order valence-corrected chi connectivity index (χ1v) is 9.23. The van der Waals surface area contributed by atoms with Crippen molar-refractivity contribution in [1.82, 2.24) is 4.57 Å². The highest BCUT2D eigenvalue weighted by Gasteiger charge is 2.21. The summed E-state index contributed by atoms with van der Waals surface area (Å²) in [4.78, 5) is 25.5. The van der Waals surface area contributed by atoms with Crippen molar-refractivity contribution in [1.29, 1.82) is 0 Å². The van der Waals surface area contributed by atoms with Gasteiger partial charge in [0, 0.05) is 31.3 Å². The number of pyridine rings is 1. The molecule has 5 nitrogen and oxygen atoms in total. The summed E-state index contributed by atoms with van der Waals surface area (Å²) < 4.78 is 26.8. The number of benzene rings is 1. The summed E-state index contributed by atoms with van der Waals surface area (Å²) in [6.45, 7) is 4.06. The Labute approximate surface area is 163 Å². The molecule has 2 aromatic heterocycles. The van der Waals surface area contributed by atoms with E-state index in [2.05, 4.69) is 15.9 Å². The normalized spacial score (nSPS) is 11.3. The number of hydrogen-bond acceptors (Lipinski definition) is 4. The quantitative estimate of drug-likeness (QED) is 0.612. The van der Waals surface area contributed by atoms with Crippen LogP contribution in [0.5, 0.6) is 0 Å². The first kappa shape index (κ1) is 19.5. The molecular weight excluding hydrogens is 417 g/mol. The zero-order chi connectivity index (χ0) is 19.7. The molecule has 0 saturated heterocycles. The topological polar surface area (TPSA) is 61.4 Å². The lowest BCUT2D eigenvalue weighted by Gasteiger charge is -2.16. The molecule has 142 valence electrons. The van der Waals surface area contributed by atoms with Crippen molar-refractivity contribution in [3.8, 4) is 0 Å². The average molecular weight is 436 g/mol. The molecule has 2 heterocycles. The van der Waals surface area contributed by atoms with E-state index in [1.54, 1.807) is 43.7 Å². The summed E-state index contributed by atoms with van der Waals surface area (Å²) in [6.07, 6.45) is 0.121. The van der Waals surface area contributed by atoms with Crippen molar-refractivity contribution in [2.45, 2.75) is 26.8 Å². The molecule has 0 radical (unpaired) electrons. The molecule has 7 heteroatoms. The summed E-state index contributed by atoms with van der Waals surface area (Å²) in [7, 11) is 1.56. The largest absolute Gasteiger partial charge is 0.421 e. The van der Waals surface area contributed by atoms with Crippen molar-refractivity contribution >= 4 is 26.9 Å². The monoisotopic (exact) mass is 435 g/mol. The molecule has 0 bridgehead atoms. The minimum Gasteiger partial charge on any atom is -0.421 e. The SMILES string of the molecule is COCCn1c(C)c(Br)c2oc(=O)c(C)c(Cc3ccccc3F)c2c1=O. The summed E-state index contributed by atoms with van der Waals surface area (Å²) in [5.74, 6) is -0.385.